The first-order valence-electron chi connectivity index (χ1n) is 10.0. The van der Waals surface area contributed by atoms with Crippen LogP contribution in [0.5, 0.6) is 0 Å². The standard InChI is InChI=1S/C23H27N3O/c1-17-10-12-22-25-21(16-26(22)15-17)19-8-5-9-20(14-19)24-23(27)13-11-18-6-3-2-4-7-18/h5,8-10,12,14-16,18H,2-4,6-7,11,13H2,1H3,(H,24,27). The van der Waals surface area contributed by atoms with E-state index in [0.29, 0.717) is 6.42 Å². The Labute approximate surface area is 160 Å². The number of amides is 1. The van der Waals surface area contributed by atoms with E-state index in [-0.39, 0.29) is 5.91 Å². The van der Waals surface area contributed by atoms with Gasteiger partial charge in [-0.05, 0) is 43.0 Å². The minimum atomic E-state index is 0.114. The zero-order chi connectivity index (χ0) is 18.6. The quantitative estimate of drug-likeness (QED) is 0.642. The van der Waals surface area contributed by atoms with Gasteiger partial charge < -0.3 is 9.72 Å². The Kier molecular flexibility index (Phi) is 5.23. The summed E-state index contributed by atoms with van der Waals surface area (Å²) in [5, 5.41) is 3.06. The van der Waals surface area contributed by atoms with Crippen LogP contribution in [0.15, 0.2) is 48.8 Å². The molecule has 1 aliphatic rings. The van der Waals surface area contributed by atoms with Crippen LogP contribution < -0.4 is 5.32 Å². The first kappa shape index (κ1) is 17.8. The van der Waals surface area contributed by atoms with E-state index < -0.39 is 0 Å². The number of hydrogen-bond acceptors (Lipinski definition) is 2. The Morgan fingerprint density at radius 3 is 2.85 bits per heavy atom. The molecule has 0 atom stereocenters. The van der Waals surface area contributed by atoms with Crippen molar-refractivity contribution >= 4 is 17.2 Å². The first-order valence-corrected chi connectivity index (χ1v) is 10.0. The summed E-state index contributed by atoms with van der Waals surface area (Å²) in [5.41, 5.74) is 4.90. The molecule has 1 aromatic carbocycles. The Morgan fingerprint density at radius 1 is 1.15 bits per heavy atom. The number of carbonyl (C=O) groups is 1. The van der Waals surface area contributed by atoms with E-state index in [0.717, 1.165) is 34.9 Å². The van der Waals surface area contributed by atoms with Crippen molar-refractivity contribution in [1.82, 2.24) is 9.38 Å². The van der Waals surface area contributed by atoms with Gasteiger partial charge in [-0.2, -0.15) is 0 Å². The van der Waals surface area contributed by atoms with Gasteiger partial charge in [0, 0.05) is 30.1 Å². The Hall–Kier alpha value is -2.62. The van der Waals surface area contributed by atoms with E-state index in [1.165, 1.54) is 37.7 Å². The molecule has 0 saturated heterocycles. The topological polar surface area (TPSA) is 46.4 Å². The number of imidazole rings is 1. The van der Waals surface area contributed by atoms with Crippen LogP contribution in [0, 0.1) is 12.8 Å². The van der Waals surface area contributed by atoms with Gasteiger partial charge in [0.15, 0.2) is 0 Å². The number of aryl methyl sites for hydroxylation is 1. The van der Waals surface area contributed by atoms with Crippen molar-refractivity contribution in [3.8, 4) is 11.3 Å². The highest BCUT2D eigenvalue weighted by Crippen LogP contribution is 2.28. The summed E-state index contributed by atoms with van der Waals surface area (Å²) in [7, 11) is 0. The number of rotatable bonds is 5. The fourth-order valence-electron chi connectivity index (χ4n) is 4.03. The number of nitrogens with zero attached hydrogens (tertiary/aromatic N) is 2. The number of anilines is 1. The number of carbonyl (C=O) groups excluding carboxylic acids is 1. The minimum Gasteiger partial charge on any atom is -0.326 e. The molecule has 0 bridgehead atoms. The van der Waals surface area contributed by atoms with Gasteiger partial charge in [0.05, 0.1) is 5.69 Å². The highest BCUT2D eigenvalue weighted by Gasteiger charge is 2.15. The van der Waals surface area contributed by atoms with E-state index in [2.05, 4.69) is 24.5 Å². The lowest BCUT2D eigenvalue weighted by Crippen LogP contribution is -2.14. The van der Waals surface area contributed by atoms with Gasteiger partial charge in [-0.15, -0.1) is 0 Å². The van der Waals surface area contributed by atoms with Crippen LogP contribution in [0.1, 0.15) is 50.5 Å². The predicted molar refractivity (Wildman–Crippen MR) is 110 cm³/mol. The second-order valence-corrected chi connectivity index (χ2v) is 7.77. The fraction of sp³-hybridized carbons (Fsp3) is 0.391. The molecule has 4 rings (SSSR count). The molecule has 4 heteroatoms. The average molecular weight is 361 g/mol. The lowest BCUT2D eigenvalue weighted by Gasteiger charge is -2.21. The van der Waals surface area contributed by atoms with Gasteiger partial charge in [-0.25, -0.2) is 4.98 Å². The van der Waals surface area contributed by atoms with E-state index in [9.17, 15) is 4.79 Å². The molecule has 1 aliphatic carbocycles. The molecular formula is C23H27N3O. The number of hydrogen-bond donors (Lipinski definition) is 1. The van der Waals surface area contributed by atoms with E-state index in [1.807, 2.05) is 40.9 Å². The monoisotopic (exact) mass is 361 g/mol. The molecule has 0 spiro atoms. The van der Waals surface area contributed by atoms with Crippen LogP contribution >= 0.6 is 0 Å². The summed E-state index contributed by atoms with van der Waals surface area (Å²) in [6.45, 7) is 2.07. The fourth-order valence-corrected chi connectivity index (χ4v) is 4.03. The molecule has 1 amide bonds. The van der Waals surface area contributed by atoms with Gasteiger partial charge in [-0.3, -0.25) is 4.79 Å². The van der Waals surface area contributed by atoms with E-state index in [1.54, 1.807) is 0 Å². The lowest BCUT2D eigenvalue weighted by molar-refractivity contribution is -0.116. The van der Waals surface area contributed by atoms with Gasteiger partial charge >= 0.3 is 0 Å². The van der Waals surface area contributed by atoms with Gasteiger partial charge in [-0.1, -0.05) is 50.3 Å². The second-order valence-electron chi connectivity index (χ2n) is 7.77. The molecule has 1 saturated carbocycles. The van der Waals surface area contributed by atoms with Crippen molar-refractivity contribution in [2.75, 3.05) is 5.32 Å². The Bertz CT molecular complexity index is 938. The SMILES string of the molecule is Cc1ccc2nc(-c3cccc(NC(=O)CCC4CCCCC4)c3)cn2c1. The smallest absolute Gasteiger partial charge is 0.224 e. The third-order valence-corrected chi connectivity index (χ3v) is 5.55. The number of aromatic nitrogens is 2. The van der Waals surface area contributed by atoms with Crippen LogP contribution in [0.4, 0.5) is 5.69 Å². The van der Waals surface area contributed by atoms with Crippen LogP contribution in [0.2, 0.25) is 0 Å². The predicted octanol–water partition coefficient (Wildman–Crippen LogP) is 5.61. The molecule has 140 valence electrons. The normalized spacial score (nSPS) is 15.1. The largest absolute Gasteiger partial charge is 0.326 e. The van der Waals surface area contributed by atoms with Crippen LogP contribution in [-0.4, -0.2) is 15.3 Å². The zero-order valence-electron chi connectivity index (χ0n) is 15.9. The van der Waals surface area contributed by atoms with Crippen molar-refractivity contribution in [2.24, 2.45) is 5.92 Å². The third kappa shape index (κ3) is 4.38. The van der Waals surface area contributed by atoms with Gasteiger partial charge in [0.1, 0.15) is 5.65 Å². The van der Waals surface area contributed by atoms with Gasteiger partial charge in [0.2, 0.25) is 5.91 Å². The van der Waals surface area contributed by atoms with Crippen molar-refractivity contribution < 1.29 is 4.79 Å². The highest BCUT2D eigenvalue weighted by atomic mass is 16.1. The lowest BCUT2D eigenvalue weighted by atomic mass is 9.86. The molecule has 2 heterocycles. The van der Waals surface area contributed by atoms with Gasteiger partial charge in [0.25, 0.3) is 0 Å². The zero-order valence-corrected chi connectivity index (χ0v) is 15.9. The maximum absolute atomic E-state index is 12.4. The average Bonchev–Trinajstić information content (AvgIpc) is 3.11. The number of benzene rings is 1. The maximum Gasteiger partial charge on any atom is 0.224 e. The highest BCUT2D eigenvalue weighted by molar-refractivity contribution is 5.91. The summed E-state index contributed by atoms with van der Waals surface area (Å²) in [5.74, 6) is 0.848. The molecule has 0 unspecified atom stereocenters. The summed E-state index contributed by atoms with van der Waals surface area (Å²) in [6, 6.07) is 12.0. The van der Waals surface area contributed by atoms with E-state index >= 15 is 0 Å². The second kappa shape index (κ2) is 7.95. The molecule has 2 aromatic heterocycles. The third-order valence-electron chi connectivity index (χ3n) is 5.55. The Morgan fingerprint density at radius 2 is 2.00 bits per heavy atom. The number of pyridine rings is 1. The summed E-state index contributed by atoms with van der Waals surface area (Å²) in [4.78, 5) is 17.0. The van der Waals surface area contributed by atoms with Crippen LogP contribution in [-0.2, 0) is 4.79 Å². The number of nitrogens with one attached hydrogen (secondary N) is 1. The molecule has 0 radical (unpaired) electrons. The molecular weight excluding hydrogens is 334 g/mol. The molecule has 27 heavy (non-hydrogen) atoms. The van der Waals surface area contributed by atoms with E-state index in [4.69, 9.17) is 4.98 Å². The molecule has 1 fully saturated rings. The molecule has 0 aliphatic heterocycles. The summed E-state index contributed by atoms with van der Waals surface area (Å²) < 4.78 is 2.04. The summed E-state index contributed by atoms with van der Waals surface area (Å²) in [6.07, 6.45) is 12.3. The van der Waals surface area contributed by atoms with Crippen LogP contribution in [0.3, 0.4) is 0 Å². The maximum atomic E-state index is 12.4. The van der Waals surface area contributed by atoms with Crippen molar-refractivity contribution in [3.63, 3.8) is 0 Å². The Balaban J connectivity index is 1.42. The number of fused-ring (bicyclic) bond motifs is 1. The van der Waals surface area contributed by atoms with Crippen molar-refractivity contribution in [2.45, 2.75) is 51.9 Å². The minimum absolute atomic E-state index is 0.114. The molecule has 1 N–H and O–H groups in total. The first-order chi connectivity index (χ1) is 13.2. The molecule has 4 nitrogen and oxygen atoms in total. The van der Waals surface area contributed by atoms with Crippen molar-refractivity contribution in [3.05, 3.63) is 54.4 Å². The molecule has 3 aromatic rings. The summed E-state index contributed by atoms with van der Waals surface area (Å²) >= 11 is 0. The van der Waals surface area contributed by atoms with Crippen molar-refractivity contribution in [1.29, 1.82) is 0 Å². The van der Waals surface area contributed by atoms with Crippen LogP contribution in [0.25, 0.3) is 16.9 Å².